The molecule has 1 heterocycles. The van der Waals surface area contributed by atoms with Crippen molar-refractivity contribution in [1.82, 2.24) is 15.5 Å². The highest BCUT2D eigenvalue weighted by molar-refractivity contribution is 4.85. The van der Waals surface area contributed by atoms with Crippen LogP contribution in [0.3, 0.4) is 0 Å². The average Bonchev–Trinajstić information content (AvgIpc) is 2.48. The van der Waals surface area contributed by atoms with Crippen LogP contribution in [0.25, 0.3) is 0 Å². The van der Waals surface area contributed by atoms with Crippen molar-refractivity contribution in [2.24, 2.45) is 5.92 Å². The first kappa shape index (κ1) is 9.61. The summed E-state index contributed by atoms with van der Waals surface area (Å²) in [5.74, 6) is 1.90. The third kappa shape index (κ3) is 2.30. The largest absolute Gasteiger partial charge is 0.393 e. The van der Waals surface area contributed by atoms with Gasteiger partial charge in [-0.3, -0.25) is 0 Å². The van der Waals surface area contributed by atoms with Crippen LogP contribution in [-0.2, 0) is 6.54 Å². The van der Waals surface area contributed by atoms with E-state index in [0.717, 1.165) is 19.4 Å². The molecule has 0 spiro atoms. The van der Waals surface area contributed by atoms with Crippen molar-refractivity contribution in [3.05, 3.63) is 11.7 Å². The lowest BCUT2D eigenvalue weighted by atomic mass is 9.82. The van der Waals surface area contributed by atoms with E-state index in [9.17, 15) is 0 Å². The van der Waals surface area contributed by atoms with Crippen molar-refractivity contribution < 1.29 is 9.63 Å². The predicted octanol–water partition coefficient (Wildman–Crippen LogP) is 0.239. The topological polar surface area (TPSA) is 71.2 Å². The molecule has 78 valence electrons. The van der Waals surface area contributed by atoms with E-state index in [1.54, 1.807) is 6.92 Å². The van der Waals surface area contributed by atoms with Gasteiger partial charge in [-0.25, -0.2) is 0 Å². The lowest BCUT2D eigenvalue weighted by molar-refractivity contribution is 0.0429. The molecule has 0 aromatic carbocycles. The number of rotatable bonds is 4. The Kier molecular flexibility index (Phi) is 2.79. The average molecular weight is 197 g/mol. The molecule has 1 aromatic rings. The highest BCUT2D eigenvalue weighted by Gasteiger charge is 2.26. The second-order valence-corrected chi connectivity index (χ2v) is 3.85. The number of nitrogens with zero attached hydrogens (tertiary/aromatic N) is 2. The Bertz CT molecular complexity index is 294. The minimum Gasteiger partial charge on any atom is -0.393 e. The Hall–Kier alpha value is -0.940. The molecule has 1 aromatic heterocycles. The molecule has 0 unspecified atom stereocenters. The monoisotopic (exact) mass is 197 g/mol. The van der Waals surface area contributed by atoms with E-state index in [2.05, 4.69) is 15.5 Å². The normalized spacial score (nSPS) is 26.1. The van der Waals surface area contributed by atoms with Crippen molar-refractivity contribution in [1.29, 1.82) is 0 Å². The molecule has 0 saturated heterocycles. The van der Waals surface area contributed by atoms with E-state index >= 15 is 0 Å². The van der Waals surface area contributed by atoms with Crippen LogP contribution in [0.4, 0.5) is 0 Å². The van der Waals surface area contributed by atoms with Gasteiger partial charge in [0.05, 0.1) is 12.6 Å². The maximum atomic E-state index is 9.07. The minimum atomic E-state index is -0.0748. The molecule has 2 rings (SSSR count). The van der Waals surface area contributed by atoms with E-state index in [4.69, 9.17) is 9.63 Å². The van der Waals surface area contributed by atoms with Crippen molar-refractivity contribution in [2.45, 2.75) is 32.4 Å². The first-order chi connectivity index (χ1) is 6.74. The molecule has 0 bridgehead atoms. The summed E-state index contributed by atoms with van der Waals surface area (Å²) in [4.78, 5) is 4.08. The van der Waals surface area contributed by atoms with Gasteiger partial charge in [0.1, 0.15) is 0 Å². The van der Waals surface area contributed by atoms with Gasteiger partial charge in [-0.2, -0.15) is 4.98 Å². The van der Waals surface area contributed by atoms with Crippen LogP contribution >= 0.6 is 0 Å². The van der Waals surface area contributed by atoms with Crippen molar-refractivity contribution >= 4 is 0 Å². The molecule has 0 atom stereocenters. The van der Waals surface area contributed by atoms with Crippen molar-refractivity contribution in [3.8, 4) is 0 Å². The molecule has 5 nitrogen and oxygen atoms in total. The molecular formula is C9H15N3O2. The van der Waals surface area contributed by atoms with E-state index in [0.29, 0.717) is 24.2 Å². The summed E-state index contributed by atoms with van der Waals surface area (Å²) >= 11 is 0. The summed E-state index contributed by atoms with van der Waals surface area (Å²) < 4.78 is 4.84. The fraction of sp³-hybridized carbons (Fsp3) is 0.778. The molecule has 14 heavy (non-hydrogen) atoms. The third-order valence-corrected chi connectivity index (χ3v) is 2.50. The lowest BCUT2D eigenvalue weighted by Crippen LogP contribution is -2.36. The molecule has 1 aliphatic rings. The SMILES string of the molecule is Cc1nc(CNCC2CC(O)C2)no1. The first-order valence-corrected chi connectivity index (χ1v) is 4.92. The zero-order valence-corrected chi connectivity index (χ0v) is 8.23. The van der Waals surface area contributed by atoms with E-state index in [-0.39, 0.29) is 6.10 Å². The van der Waals surface area contributed by atoms with Gasteiger partial charge >= 0.3 is 0 Å². The Balaban J connectivity index is 1.63. The van der Waals surface area contributed by atoms with Crippen LogP contribution < -0.4 is 5.32 Å². The van der Waals surface area contributed by atoms with Crippen LogP contribution in [0.15, 0.2) is 4.52 Å². The molecule has 1 saturated carbocycles. The van der Waals surface area contributed by atoms with Crippen LogP contribution in [0.5, 0.6) is 0 Å². The number of hydrogen-bond donors (Lipinski definition) is 2. The van der Waals surface area contributed by atoms with Gasteiger partial charge in [0.25, 0.3) is 0 Å². The van der Waals surface area contributed by atoms with Gasteiger partial charge in [0, 0.05) is 6.92 Å². The molecule has 0 aliphatic heterocycles. The smallest absolute Gasteiger partial charge is 0.223 e. The number of aromatic nitrogens is 2. The summed E-state index contributed by atoms with van der Waals surface area (Å²) in [6, 6.07) is 0. The van der Waals surface area contributed by atoms with Gasteiger partial charge in [-0.05, 0) is 25.3 Å². The third-order valence-electron chi connectivity index (χ3n) is 2.50. The summed E-state index contributed by atoms with van der Waals surface area (Å²) in [5, 5.41) is 16.1. The van der Waals surface area contributed by atoms with Gasteiger partial charge < -0.3 is 14.9 Å². The van der Waals surface area contributed by atoms with Gasteiger partial charge in [-0.1, -0.05) is 5.16 Å². The molecule has 1 aliphatic carbocycles. The zero-order chi connectivity index (χ0) is 9.97. The number of hydrogen-bond acceptors (Lipinski definition) is 5. The molecular weight excluding hydrogens is 182 g/mol. The highest BCUT2D eigenvalue weighted by atomic mass is 16.5. The van der Waals surface area contributed by atoms with E-state index in [1.165, 1.54) is 0 Å². The molecule has 1 fully saturated rings. The van der Waals surface area contributed by atoms with Gasteiger partial charge in [0.2, 0.25) is 5.89 Å². The van der Waals surface area contributed by atoms with Crippen LogP contribution in [0, 0.1) is 12.8 Å². The maximum Gasteiger partial charge on any atom is 0.223 e. The second kappa shape index (κ2) is 4.06. The van der Waals surface area contributed by atoms with Gasteiger partial charge in [0.15, 0.2) is 5.82 Å². The molecule has 0 amide bonds. The summed E-state index contributed by atoms with van der Waals surface area (Å²) in [6.45, 7) is 3.34. The zero-order valence-electron chi connectivity index (χ0n) is 8.23. The Morgan fingerprint density at radius 1 is 1.57 bits per heavy atom. The highest BCUT2D eigenvalue weighted by Crippen LogP contribution is 2.26. The fourth-order valence-corrected chi connectivity index (χ4v) is 1.67. The number of aliphatic hydroxyl groups is 1. The second-order valence-electron chi connectivity index (χ2n) is 3.85. The summed E-state index contributed by atoms with van der Waals surface area (Å²) in [5.41, 5.74) is 0. The van der Waals surface area contributed by atoms with Gasteiger partial charge in [-0.15, -0.1) is 0 Å². The predicted molar refractivity (Wildman–Crippen MR) is 49.5 cm³/mol. The standard InChI is InChI=1S/C9H15N3O2/c1-6-11-9(12-14-6)5-10-4-7-2-8(13)3-7/h7-8,10,13H,2-5H2,1H3. The Labute approximate surface area is 82.5 Å². The Morgan fingerprint density at radius 2 is 2.36 bits per heavy atom. The lowest BCUT2D eigenvalue weighted by Gasteiger charge is -2.31. The van der Waals surface area contributed by atoms with Crippen LogP contribution in [0.1, 0.15) is 24.6 Å². The molecule has 5 heteroatoms. The summed E-state index contributed by atoms with van der Waals surface area (Å²) in [6.07, 6.45) is 1.76. The molecule has 0 radical (unpaired) electrons. The first-order valence-electron chi connectivity index (χ1n) is 4.92. The van der Waals surface area contributed by atoms with Crippen LogP contribution in [-0.4, -0.2) is 27.9 Å². The number of aryl methyl sites for hydroxylation is 1. The molecule has 2 N–H and O–H groups in total. The van der Waals surface area contributed by atoms with E-state index < -0.39 is 0 Å². The van der Waals surface area contributed by atoms with Crippen molar-refractivity contribution in [3.63, 3.8) is 0 Å². The maximum absolute atomic E-state index is 9.07. The quantitative estimate of drug-likeness (QED) is 0.723. The Morgan fingerprint density at radius 3 is 2.93 bits per heavy atom. The number of aliphatic hydroxyl groups excluding tert-OH is 1. The minimum absolute atomic E-state index is 0.0748. The van der Waals surface area contributed by atoms with E-state index in [1.807, 2.05) is 0 Å². The van der Waals surface area contributed by atoms with Crippen LogP contribution in [0.2, 0.25) is 0 Å². The summed E-state index contributed by atoms with van der Waals surface area (Å²) in [7, 11) is 0. The number of nitrogens with one attached hydrogen (secondary N) is 1. The fourth-order valence-electron chi connectivity index (χ4n) is 1.67. The van der Waals surface area contributed by atoms with Crippen molar-refractivity contribution in [2.75, 3.05) is 6.54 Å².